The molecule has 2 N–H and O–H groups in total. The van der Waals surface area contributed by atoms with E-state index in [-0.39, 0.29) is 6.04 Å². The molecule has 0 aromatic heterocycles. The molecule has 0 spiro atoms. The first kappa shape index (κ1) is 13.8. The van der Waals surface area contributed by atoms with Gasteiger partial charge in [0.2, 0.25) is 10.0 Å². The highest BCUT2D eigenvalue weighted by molar-refractivity contribution is 7.90. The van der Waals surface area contributed by atoms with E-state index in [4.69, 9.17) is 5.11 Å². The third-order valence-corrected chi connectivity index (χ3v) is 5.32. The van der Waals surface area contributed by atoms with E-state index in [9.17, 15) is 13.2 Å². The number of sulfonamides is 1. The van der Waals surface area contributed by atoms with Gasteiger partial charge in [0.15, 0.2) is 5.75 Å². The third kappa shape index (κ3) is 3.21. The van der Waals surface area contributed by atoms with Gasteiger partial charge in [0, 0.05) is 18.1 Å². The molecule has 0 aromatic carbocycles. The quantitative estimate of drug-likeness (QED) is 0.755. The lowest BCUT2D eigenvalue weighted by Crippen LogP contribution is -2.55. The topological polar surface area (TPSA) is 86.7 Å². The maximum atomic E-state index is 11.6. The summed E-state index contributed by atoms with van der Waals surface area (Å²) in [6, 6.07) is 0.742. The van der Waals surface area contributed by atoms with Gasteiger partial charge in [-0.3, -0.25) is 4.79 Å². The number of hydrogen-bond donors (Lipinski definition) is 2. The Kier molecular flexibility index (Phi) is 3.93. The number of nitrogens with one attached hydrogen (secondary N) is 1. The van der Waals surface area contributed by atoms with Crippen LogP contribution in [0.2, 0.25) is 0 Å². The van der Waals surface area contributed by atoms with Gasteiger partial charge in [0.1, 0.15) is 0 Å². The molecular formula is C11H20N2O4S. The van der Waals surface area contributed by atoms with Gasteiger partial charge >= 0.3 is 5.97 Å². The summed E-state index contributed by atoms with van der Waals surface area (Å²) >= 11 is 0. The van der Waals surface area contributed by atoms with Crippen LogP contribution in [0.3, 0.4) is 0 Å². The molecule has 2 aliphatic rings. The first-order valence-corrected chi connectivity index (χ1v) is 7.96. The Bertz CT molecular complexity index is 409. The molecule has 2 unspecified atom stereocenters. The SMILES string of the molecule is CN1C2CCCC1CC(NS(=O)(=O)CC(=O)O)C2. The number of hydrogen-bond acceptors (Lipinski definition) is 4. The van der Waals surface area contributed by atoms with Crippen molar-refractivity contribution < 1.29 is 18.3 Å². The Morgan fingerprint density at radius 1 is 1.33 bits per heavy atom. The first-order valence-electron chi connectivity index (χ1n) is 6.31. The van der Waals surface area contributed by atoms with Crippen LogP contribution in [0.4, 0.5) is 0 Å². The zero-order valence-corrected chi connectivity index (χ0v) is 11.3. The molecule has 18 heavy (non-hydrogen) atoms. The predicted molar refractivity (Wildman–Crippen MR) is 66.8 cm³/mol. The number of fused-ring (bicyclic) bond motifs is 2. The van der Waals surface area contributed by atoms with E-state index in [1.54, 1.807) is 0 Å². The van der Waals surface area contributed by atoms with Gasteiger partial charge in [-0.25, -0.2) is 13.1 Å². The molecule has 0 radical (unpaired) electrons. The van der Waals surface area contributed by atoms with Crippen molar-refractivity contribution in [3.8, 4) is 0 Å². The van der Waals surface area contributed by atoms with Gasteiger partial charge < -0.3 is 10.0 Å². The van der Waals surface area contributed by atoms with Gasteiger partial charge in [-0.2, -0.15) is 0 Å². The summed E-state index contributed by atoms with van der Waals surface area (Å²) in [4.78, 5) is 12.8. The average molecular weight is 276 g/mol. The van der Waals surface area contributed by atoms with Crippen molar-refractivity contribution in [2.45, 2.75) is 50.2 Å². The van der Waals surface area contributed by atoms with Crippen LogP contribution in [0, 0.1) is 0 Å². The maximum Gasteiger partial charge on any atom is 0.320 e. The molecule has 2 fully saturated rings. The summed E-state index contributed by atoms with van der Waals surface area (Å²) in [6.07, 6.45) is 4.97. The molecule has 0 saturated carbocycles. The van der Waals surface area contributed by atoms with Crippen LogP contribution in [0.1, 0.15) is 32.1 Å². The van der Waals surface area contributed by atoms with E-state index in [2.05, 4.69) is 16.7 Å². The highest BCUT2D eigenvalue weighted by Gasteiger charge is 2.37. The molecule has 2 atom stereocenters. The Labute approximate surface area is 107 Å². The molecular weight excluding hydrogens is 256 g/mol. The van der Waals surface area contributed by atoms with E-state index in [1.807, 2.05) is 0 Å². The van der Waals surface area contributed by atoms with E-state index in [1.165, 1.54) is 6.42 Å². The van der Waals surface area contributed by atoms with Crippen molar-refractivity contribution >= 4 is 16.0 Å². The minimum absolute atomic E-state index is 0.110. The summed E-state index contributed by atoms with van der Waals surface area (Å²) in [5.41, 5.74) is 0. The van der Waals surface area contributed by atoms with E-state index in [0.29, 0.717) is 12.1 Å². The van der Waals surface area contributed by atoms with Gasteiger partial charge in [0.05, 0.1) is 0 Å². The average Bonchev–Trinajstić information content (AvgIpc) is 2.16. The number of piperidine rings is 2. The van der Waals surface area contributed by atoms with Gasteiger partial charge in [-0.15, -0.1) is 0 Å². The summed E-state index contributed by atoms with van der Waals surface area (Å²) in [7, 11) is -1.60. The normalized spacial score (nSPS) is 33.3. The summed E-state index contributed by atoms with van der Waals surface area (Å²) in [5.74, 6) is -2.15. The second-order valence-electron chi connectivity index (χ2n) is 5.34. The standard InChI is InChI=1S/C11H20N2O4S/c1-13-9-3-2-4-10(13)6-8(5-9)12-18(16,17)7-11(14)15/h8-10,12H,2-7H2,1H3,(H,14,15). The van der Waals surface area contributed by atoms with Crippen molar-refractivity contribution in [1.29, 1.82) is 0 Å². The number of carboxylic acids is 1. The number of carbonyl (C=O) groups is 1. The van der Waals surface area contributed by atoms with Crippen molar-refractivity contribution in [3.05, 3.63) is 0 Å². The van der Waals surface area contributed by atoms with Crippen LogP contribution in [-0.4, -0.2) is 55.3 Å². The lowest BCUT2D eigenvalue weighted by molar-refractivity contribution is -0.134. The van der Waals surface area contributed by atoms with E-state index in [0.717, 1.165) is 25.7 Å². The molecule has 2 bridgehead atoms. The lowest BCUT2D eigenvalue weighted by Gasteiger charge is -2.47. The molecule has 2 saturated heterocycles. The monoisotopic (exact) mass is 276 g/mol. The summed E-state index contributed by atoms with van der Waals surface area (Å²) in [5, 5.41) is 8.55. The van der Waals surface area contributed by atoms with Crippen LogP contribution in [0.5, 0.6) is 0 Å². The lowest BCUT2D eigenvalue weighted by atomic mass is 9.83. The minimum atomic E-state index is -3.70. The zero-order chi connectivity index (χ0) is 13.3. The number of carboxylic acid groups (broad SMARTS) is 1. The molecule has 0 amide bonds. The van der Waals surface area contributed by atoms with Gasteiger partial charge in [0.25, 0.3) is 0 Å². The van der Waals surface area contributed by atoms with Crippen LogP contribution in [0.25, 0.3) is 0 Å². The predicted octanol–water partition coefficient (Wildman–Crippen LogP) is 0.00570. The highest BCUT2D eigenvalue weighted by Crippen LogP contribution is 2.32. The fourth-order valence-corrected chi connectivity index (χ4v) is 4.28. The molecule has 6 nitrogen and oxygen atoms in total. The highest BCUT2D eigenvalue weighted by atomic mass is 32.2. The first-order chi connectivity index (χ1) is 8.37. The number of rotatable bonds is 4. The fourth-order valence-electron chi connectivity index (χ4n) is 3.17. The zero-order valence-electron chi connectivity index (χ0n) is 10.5. The van der Waals surface area contributed by atoms with E-state index >= 15 is 0 Å². The molecule has 0 aliphatic carbocycles. The molecule has 0 aromatic rings. The summed E-state index contributed by atoms with van der Waals surface area (Å²) < 4.78 is 25.8. The fraction of sp³-hybridized carbons (Fsp3) is 0.909. The van der Waals surface area contributed by atoms with Crippen molar-refractivity contribution in [3.63, 3.8) is 0 Å². The molecule has 7 heteroatoms. The summed E-state index contributed by atoms with van der Waals surface area (Å²) in [6.45, 7) is 0. The van der Waals surface area contributed by atoms with Crippen molar-refractivity contribution in [1.82, 2.24) is 9.62 Å². The van der Waals surface area contributed by atoms with Crippen LogP contribution in [0.15, 0.2) is 0 Å². The number of nitrogens with zero attached hydrogens (tertiary/aromatic N) is 1. The van der Waals surface area contributed by atoms with Crippen LogP contribution >= 0.6 is 0 Å². The van der Waals surface area contributed by atoms with E-state index < -0.39 is 21.7 Å². The molecule has 2 rings (SSSR count). The second-order valence-corrected chi connectivity index (χ2v) is 7.10. The Morgan fingerprint density at radius 2 is 1.89 bits per heavy atom. The van der Waals surface area contributed by atoms with Crippen LogP contribution in [-0.2, 0) is 14.8 Å². The van der Waals surface area contributed by atoms with Crippen LogP contribution < -0.4 is 4.72 Å². The Balaban J connectivity index is 1.97. The Morgan fingerprint density at radius 3 is 2.39 bits per heavy atom. The molecule has 104 valence electrons. The largest absolute Gasteiger partial charge is 0.480 e. The maximum absolute atomic E-state index is 11.6. The number of aliphatic carboxylic acids is 1. The molecule has 2 aliphatic heterocycles. The second kappa shape index (κ2) is 5.14. The van der Waals surface area contributed by atoms with Gasteiger partial charge in [-0.1, -0.05) is 6.42 Å². The minimum Gasteiger partial charge on any atom is -0.480 e. The smallest absolute Gasteiger partial charge is 0.320 e. The Hall–Kier alpha value is -0.660. The third-order valence-electron chi connectivity index (χ3n) is 4.00. The van der Waals surface area contributed by atoms with Gasteiger partial charge in [-0.05, 0) is 32.7 Å². The van der Waals surface area contributed by atoms with Crippen molar-refractivity contribution in [2.24, 2.45) is 0 Å². The van der Waals surface area contributed by atoms with Crippen molar-refractivity contribution in [2.75, 3.05) is 12.8 Å². The molecule has 2 heterocycles.